The van der Waals surface area contributed by atoms with Crippen molar-refractivity contribution in [3.8, 4) is 0 Å². The number of alkyl halides is 3. The van der Waals surface area contributed by atoms with Crippen LogP contribution >= 0.6 is 0 Å². The SMILES string of the molecule is CCN(CCCNc1ccc2nnc(C(F)(F)F)n2n1)c1ccccc1. The smallest absolute Gasteiger partial charge is 0.372 e. The summed E-state index contributed by atoms with van der Waals surface area (Å²) in [4.78, 5) is 2.24. The maximum atomic E-state index is 12.9. The minimum absolute atomic E-state index is 0.0594. The fourth-order valence-electron chi connectivity index (χ4n) is 2.65. The molecule has 0 aliphatic rings. The van der Waals surface area contributed by atoms with E-state index < -0.39 is 12.0 Å². The van der Waals surface area contributed by atoms with E-state index in [1.54, 1.807) is 6.07 Å². The Morgan fingerprint density at radius 1 is 1.08 bits per heavy atom. The summed E-state index contributed by atoms with van der Waals surface area (Å²) < 4.78 is 39.4. The average Bonchev–Trinajstić information content (AvgIpc) is 3.06. The van der Waals surface area contributed by atoms with Crippen molar-refractivity contribution >= 4 is 17.2 Å². The number of nitrogens with one attached hydrogen (secondary N) is 1. The quantitative estimate of drug-likeness (QED) is 0.651. The van der Waals surface area contributed by atoms with Gasteiger partial charge in [-0.1, -0.05) is 18.2 Å². The largest absolute Gasteiger partial charge is 0.453 e. The Morgan fingerprint density at radius 2 is 1.85 bits per heavy atom. The Morgan fingerprint density at radius 3 is 2.54 bits per heavy atom. The molecule has 1 N–H and O–H groups in total. The van der Waals surface area contributed by atoms with Gasteiger partial charge < -0.3 is 10.2 Å². The Labute approximate surface area is 148 Å². The van der Waals surface area contributed by atoms with Gasteiger partial charge >= 0.3 is 6.18 Å². The summed E-state index contributed by atoms with van der Waals surface area (Å²) >= 11 is 0. The van der Waals surface area contributed by atoms with Gasteiger partial charge in [-0.3, -0.25) is 0 Å². The lowest BCUT2D eigenvalue weighted by Gasteiger charge is -2.23. The zero-order chi connectivity index (χ0) is 18.6. The normalized spacial score (nSPS) is 11.7. The summed E-state index contributed by atoms with van der Waals surface area (Å²) in [6.07, 6.45) is -3.78. The van der Waals surface area contributed by atoms with Crippen LogP contribution < -0.4 is 10.2 Å². The topological polar surface area (TPSA) is 58.3 Å². The minimum Gasteiger partial charge on any atom is -0.372 e. The predicted octanol–water partition coefficient (Wildman–Crippen LogP) is 3.47. The molecular formula is C17H19F3N6. The molecule has 138 valence electrons. The van der Waals surface area contributed by atoms with Crippen molar-refractivity contribution < 1.29 is 13.2 Å². The highest BCUT2D eigenvalue weighted by Gasteiger charge is 2.37. The van der Waals surface area contributed by atoms with Crippen LogP contribution in [0.3, 0.4) is 0 Å². The lowest BCUT2D eigenvalue weighted by atomic mass is 10.2. The molecule has 0 unspecified atom stereocenters. The second-order valence-electron chi connectivity index (χ2n) is 5.71. The fraction of sp³-hybridized carbons (Fsp3) is 0.353. The van der Waals surface area contributed by atoms with Crippen LogP contribution in [0, 0.1) is 0 Å². The first-order chi connectivity index (χ1) is 12.5. The molecule has 26 heavy (non-hydrogen) atoms. The highest BCUT2D eigenvalue weighted by Crippen LogP contribution is 2.27. The summed E-state index contributed by atoms with van der Waals surface area (Å²) in [5.41, 5.74) is 1.21. The predicted molar refractivity (Wildman–Crippen MR) is 93.2 cm³/mol. The number of hydrogen-bond acceptors (Lipinski definition) is 5. The molecule has 6 nitrogen and oxygen atoms in total. The van der Waals surface area contributed by atoms with Gasteiger partial charge in [0.25, 0.3) is 5.82 Å². The molecule has 0 spiro atoms. The molecule has 0 radical (unpaired) electrons. The maximum absolute atomic E-state index is 12.9. The number of halogens is 3. The number of anilines is 2. The molecule has 0 aliphatic carbocycles. The lowest BCUT2D eigenvalue weighted by Crippen LogP contribution is -2.25. The van der Waals surface area contributed by atoms with Crippen molar-refractivity contribution in [1.29, 1.82) is 0 Å². The van der Waals surface area contributed by atoms with E-state index in [4.69, 9.17) is 0 Å². The molecule has 3 aromatic rings. The van der Waals surface area contributed by atoms with E-state index in [0.29, 0.717) is 16.9 Å². The first kappa shape index (κ1) is 18.0. The van der Waals surface area contributed by atoms with Gasteiger partial charge in [-0.15, -0.1) is 15.3 Å². The first-order valence-corrected chi connectivity index (χ1v) is 8.32. The van der Waals surface area contributed by atoms with E-state index in [9.17, 15) is 13.2 Å². The van der Waals surface area contributed by atoms with Crippen LogP contribution in [-0.2, 0) is 6.18 Å². The molecule has 0 atom stereocenters. The molecule has 0 saturated heterocycles. The molecule has 0 saturated carbocycles. The third-order valence-electron chi connectivity index (χ3n) is 3.93. The van der Waals surface area contributed by atoms with Gasteiger partial charge in [0.2, 0.25) is 0 Å². The van der Waals surface area contributed by atoms with Crippen LogP contribution in [-0.4, -0.2) is 39.4 Å². The molecule has 0 amide bonds. The van der Waals surface area contributed by atoms with E-state index in [1.165, 1.54) is 6.07 Å². The highest BCUT2D eigenvalue weighted by molar-refractivity contribution is 5.46. The van der Waals surface area contributed by atoms with Crippen LogP contribution in [0.5, 0.6) is 0 Å². The third-order valence-corrected chi connectivity index (χ3v) is 3.93. The summed E-state index contributed by atoms with van der Waals surface area (Å²) in [5.74, 6) is -0.775. The summed E-state index contributed by atoms with van der Waals surface area (Å²) in [6, 6.07) is 13.1. The summed E-state index contributed by atoms with van der Waals surface area (Å²) in [7, 11) is 0. The van der Waals surface area contributed by atoms with Crippen LogP contribution in [0.15, 0.2) is 42.5 Å². The molecule has 1 aromatic carbocycles. The van der Waals surface area contributed by atoms with Crippen molar-refractivity contribution in [3.05, 3.63) is 48.3 Å². The van der Waals surface area contributed by atoms with Crippen LogP contribution in [0.1, 0.15) is 19.2 Å². The number of fused-ring (bicyclic) bond motifs is 1. The van der Waals surface area contributed by atoms with Crippen LogP contribution in [0.2, 0.25) is 0 Å². The van der Waals surface area contributed by atoms with Gasteiger partial charge in [0.15, 0.2) is 5.65 Å². The molecule has 2 aromatic heterocycles. The minimum atomic E-state index is -4.59. The van der Waals surface area contributed by atoms with E-state index in [1.807, 2.05) is 18.2 Å². The van der Waals surface area contributed by atoms with Gasteiger partial charge in [0.05, 0.1) is 0 Å². The molecule has 0 bridgehead atoms. The van der Waals surface area contributed by atoms with Gasteiger partial charge in [0.1, 0.15) is 5.82 Å². The van der Waals surface area contributed by atoms with E-state index >= 15 is 0 Å². The zero-order valence-electron chi connectivity index (χ0n) is 14.2. The average molecular weight is 364 g/mol. The maximum Gasteiger partial charge on any atom is 0.453 e. The van der Waals surface area contributed by atoms with Gasteiger partial charge in [-0.2, -0.15) is 17.7 Å². The first-order valence-electron chi connectivity index (χ1n) is 8.32. The van der Waals surface area contributed by atoms with Crippen molar-refractivity contribution in [2.45, 2.75) is 19.5 Å². The van der Waals surface area contributed by atoms with E-state index in [2.05, 4.69) is 44.6 Å². The Kier molecular flexibility index (Phi) is 5.24. The van der Waals surface area contributed by atoms with Crippen molar-refractivity contribution in [1.82, 2.24) is 19.8 Å². The fourth-order valence-corrected chi connectivity index (χ4v) is 2.65. The molecule has 9 heteroatoms. The van der Waals surface area contributed by atoms with Crippen molar-refractivity contribution in [2.75, 3.05) is 29.9 Å². The summed E-state index contributed by atoms with van der Waals surface area (Å²) in [6.45, 7) is 4.38. The van der Waals surface area contributed by atoms with Crippen molar-refractivity contribution in [2.24, 2.45) is 0 Å². The number of aromatic nitrogens is 4. The molecular weight excluding hydrogens is 345 g/mol. The van der Waals surface area contributed by atoms with Gasteiger partial charge in [-0.25, -0.2) is 0 Å². The molecule has 0 aliphatic heterocycles. The Bertz CT molecular complexity index is 847. The van der Waals surface area contributed by atoms with Gasteiger partial charge in [-0.05, 0) is 37.6 Å². The standard InChI is InChI=1S/C17H19F3N6/c1-2-25(13-7-4-3-5-8-13)12-6-11-21-14-9-10-15-22-23-16(17(18,19)20)26(15)24-14/h3-5,7-10H,2,6,11-12H2,1H3,(H,21,24). The summed E-state index contributed by atoms with van der Waals surface area (Å²) in [5, 5.41) is 13.6. The second-order valence-corrected chi connectivity index (χ2v) is 5.71. The Hall–Kier alpha value is -2.84. The Balaban J connectivity index is 1.59. The molecule has 3 rings (SSSR count). The van der Waals surface area contributed by atoms with Crippen LogP contribution in [0.4, 0.5) is 24.7 Å². The van der Waals surface area contributed by atoms with E-state index in [0.717, 1.165) is 25.2 Å². The van der Waals surface area contributed by atoms with Crippen LogP contribution in [0.25, 0.3) is 5.65 Å². The van der Waals surface area contributed by atoms with Gasteiger partial charge in [0, 0.05) is 25.3 Å². The number of rotatable bonds is 7. The highest BCUT2D eigenvalue weighted by atomic mass is 19.4. The second kappa shape index (κ2) is 7.59. The monoisotopic (exact) mass is 364 g/mol. The zero-order valence-corrected chi connectivity index (χ0v) is 14.2. The molecule has 0 fully saturated rings. The number of hydrogen-bond donors (Lipinski definition) is 1. The number of benzene rings is 1. The van der Waals surface area contributed by atoms with E-state index in [-0.39, 0.29) is 5.65 Å². The number of para-hydroxylation sites is 1. The third kappa shape index (κ3) is 4.04. The number of nitrogens with zero attached hydrogens (tertiary/aromatic N) is 5. The molecule has 2 heterocycles. The van der Waals surface area contributed by atoms with Crippen molar-refractivity contribution in [3.63, 3.8) is 0 Å². The lowest BCUT2D eigenvalue weighted by molar-refractivity contribution is -0.146.